The van der Waals surface area contributed by atoms with Crippen molar-refractivity contribution >= 4 is 27.1 Å². The zero-order valence-corrected chi connectivity index (χ0v) is 29.1. The number of hydrogen-bond donors (Lipinski definition) is 0. The quantitative estimate of drug-likeness (QED) is 0.166. The fraction of sp³-hybridized carbons (Fsp3) is 0.0980. The molecular weight excluding hydrogens is 613 g/mol. The Kier molecular flexibility index (Phi) is 6.76. The summed E-state index contributed by atoms with van der Waals surface area (Å²) in [5, 5.41) is 5.11. The molecule has 0 nitrogen and oxygen atoms in total. The predicted octanol–water partition coefficient (Wildman–Crippen LogP) is 13.7. The number of fused-ring (bicyclic) bond motifs is 6. The summed E-state index contributed by atoms with van der Waals surface area (Å²) in [5.74, 6) is 0. The first-order valence-electron chi connectivity index (χ1n) is 18.2. The van der Waals surface area contributed by atoms with Crippen LogP contribution in [0, 0.1) is 0 Å². The molecule has 0 spiro atoms. The van der Waals surface area contributed by atoms with Crippen molar-refractivity contribution in [1.29, 1.82) is 0 Å². The van der Waals surface area contributed by atoms with Crippen LogP contribution in [-0.2, 0) is 11.8 Å². The Balaban J connectivity index is 1.13. The molecule has 8 aromatic rings. The van der Waals surface area contributed by atoms with Crippen molar-refractivity contribution in [2.75, 3.05) is 0 Å². The van der Waals surface area contributed by atoms with Gasteiger partial charge in [0.05, 0.1) is 0 Å². The van der Waals surface area contributed by atoms with Gasteiger partial charge in [-0.1, -0.05) is 171 Å². The molecule has 0 unspecified atom stereocenters. The molecule has 0 heterocycles. The molecule has 0 saturated heterocycles. The fourth-order valence-electron chi connectivity index (χ4n) is 9.17. The summed E-state index contributed by atoms with van der Waals surface area (Å²) >= 11 is 0. The highest BCUT2D eigenvalue weighted by Crippen LogP contribution is 2.54. The number of rotatable bonds is 4. The molecule has 0 radical (unpaired) electrons. The Morgan fingerprint density at radius 1 is 0.373 bits per heavy atom. The van der Waals surface area contributed by atoms with E-state index in [4.69, 9.17) is 0 Å². The van der Waals surface area contributed by atoms with Crippen LogP contribution in [0.4, 0.5) is 0 Å². The van der Waals surface area contributed by atoms with Crippen molar-refractivity contribution in [1.82, 2.24) is 0 Å². The first-order chi connectivity index (χ1) is 25.1. The molecule has 8 aromatic carbocycles. The van der Waals surface area contributed by atoms with Crippen LogP contribution >= 0.6 is 0 Å². The molecule has 242 valence electrons. The van der Waals surface area contributed by atoms with Gasteiger partial charge >= 0.3 is 0 Å². The minimum atomic E-state index is 0.00582. The lowest BCUT2D eigenvalue weighted by molar-refractivity contribution is 0.604. The van der Waals surface area contributed by atoms with Crippen molar-refractivity contribution in [3.63, 3.8) is 0 Å². The molecule has 0 aliphatic heterocycles. The Morgan fingerprint density at radius 2 is 0.863 bits per heavy atom. The molecule has 0 saturated carbocycles. The Labute approximate surface area is 300 Å². The minimum absolute atomic E-state index is 0.00582. The predicted molar refractivity (Wildman–Crippen MR) is 217 cm³/mol. The standard InChI is InChI=1S/C51H38/c1-51(2)46-29-27-34-16-6-7-21-40(34)50(46)45-28-26-37(32-47(45)51)36-18-13-20-39(31-36)49-43-24-10-8-22-41(43)48(42-23-9-11-25-44(42)49)38-19-12-17-35(30-38)33-14-4-3-5-15-33/h3-26,28,30-32H,27,29H2,1-2H3. The van der Waals surface area contributed by atoms with Gasteiger partial charge in [-0.2, -0.15) is 0 Å². The summed E-state index contributed by atoms with van der Waals surface area (Å²) in [7, 11) is 0. The van der Waals surface area contributed by atoms with E-state index in [9.17, 15) is 0 Å². The topological polar surface area (TPSA) is 0 Å². The second-order valence-electron chi connectivity index (χ2n) is 14.8. The third kappa shape index (κ3) is 4.67. The lowest BCUT2D eigenvalue weighted by atomic mass is 9.76. The zero-order chi connectivity index (χ0) is 34.1. The molecule has 0 bridgehead atoms. The Bertz CT molecular complexity index is 2650. The lowest BCUT2D eigenvalue weighted by Gasteiger charge is -2.28. The normalized spacial score (nSPS) is 14.4. The summed E-state index contributed by atoms with van der Waals surface area (Å²) in [6.45, 7) is 4.86. The lowest BCUT2D eigenvalue weighted by Crippen LogP contribution is -2.19. The summed E-state index contributed by atoms with van der Waals surface area (Å²) < 4.78 is 0. The number of benzene rings is 8. The molecule has 0 amide bonds. The Hall–Kier alpha value is -5.98. The van der Waals surface area contributed by atoms with Gasteiger partial charge in [0, 0.05) is 5.41 Å². The van der Waals surface area contributed by atoms with Gasteiger partial charge in [-0.05, 0) is 125 Å². The van der Waals surface area contributed by atoms with Gasteiger partial charge in [-0.15, -0.1) is 0 Å². The summed E-state index contributed by atoms with van der Waals surface area (Å²) in [5.41, 5.74) is 18.9. The third-order valence-electron chi connectivity index (χ3n) is 11.6. The van der Waals surface area contributed by atoms with E-state index in [-0.39, 0.29) is 5.41 Å². The Morgan fingerprint density at radius 3 is 1.49 bits per heavy atom. The molecule has 10 rings (SSSR count). The van der Waals surface area contributed by atoms with Crippen LogP contribution in [0.3, 0.4) is 0 Å². The van der Waals surface area contributed by atoms with Gasteiger partial charge < -0.3 is 0 Å². The SMILES string of the molecule is CC1(C)C2=C(c3ccccc3CC2)c2ccc(-c3cccc(-c4c5ccccc5c(-c5cccc(-c6ccccc6)c5)c5ccccc45)c3)cc21. The maximum atomic E-state index is 2.48. The van der Waals surface area contributed by atoms with Gasteiger partial charge in [-0.3, -0.25) is 0 Å². The van der Waals surface area contributed by atoms with Gasteiger partial charge in [0.2, 0.25) is 0 Å². The average Bonchev–Trinajstić information content (AvgIpc) is 3.43. The summed E-state index contributed by atoms with van der Waals surface area (Å²) in [6, 6.07) is 63.1. The van der Waals surface area contributed by atoms with Crippen LogP contribution in [0.15, 0.2) is 175 Å². The average molecular weight is 651 g/mol. The largest absolute Gasteiger partial charge is 0.0622 e. The van der Waals surface area contributed by atoms with Crippen LogP contribution in [0.1, 0.15) is 42.5 Å². The van der Waals surface area contributed by atoms with Crippen molar-refractivity contribution in [2.45, 2.75) is 32.1 Å². The second kappa shape index (κ2) is 11.5. The molecule has 51 heavy (non-hydrogen) atoms. The van der Waals surface area contributed by atoms with Crippen molar-refractivity contribution in [3.8, 4) is 44.5 Å². The smallest absolute Gasteiger partial charge is 0.0121 e. The first kappa shape index (κ1) is 29.9. The zero-order valence-electron chi connectivity index (χ0n) is 29.1. The number of allylic oxidation sites excluding steroid dienone is 1. The molecule has 2 aliphatic rings. The highest BCUT2D eigenvalue weighted by Gasteiger charge is 2.40. The summed E-state index contributed by atoms with van der Waals surface area (Å²) in [4.78, 5) is 0. The van der Waals surface area contributed by atoms with Gasteiger partial charge in [-0.25, -0.2) is 0 Å². The third-order valence-corrected chi connectivity index (χ3v) is 11.6. The maximum absolute atomic E-state index is 2.48. The highest BCUT2D eigenvalue weighted by molar-refractivity contribution is 6.21. The van der Waals surface area contributed by atoms with Gasteiger partial charge in [0.25, 0.3) is 0 Å². The number of aryl methyl sites for hydroxylation is 1. The molecule has 0 N–H and O–H groups in total. The van der Waals surface area contributed by atoms with E-state index in [0.29, 0.717) is 0 Å². The van der Waals surface area contributed by atoms with E-state index in [1.54, 1.807) is 5.57 Å². The van der Waals surface area contributed by atoms with Crippen molar-refractivity contribution < 1.29 is 0 Å². The van der Waals surface area contributed by atoms with Gasteiger partial charge in [0.1, 0.15) is 0 Å². The van der Waals surface area contributed by atoms with E-state index >= 15 is 0 Å². The molecule has 0 atom stereocenters. The van der Waals surface area contributed by atoms with Crippen LogP contribution in [0.2, 0.25) is 0 Å². The first-order valence-corrected chi connectivity index (χ1v) is 18.2. The van der Waals surface area contributed by atoms with Crippen LogP contribution in [-0.4, -0.2) is 0 Å². The molecule has 0 fully saturated rings. The molecular formula is C51H38. The van der Waals surface area contributed by atoms with E-state index in [0.717, 1.165) is 12.8 Å². The van der Waals surface area contributed by atoms with E-state index < -0.39 is 0 Å². The molecule has 2 aliphatic carbocycles. The monoisotopic (exact) mass is 650 g/mol. The maximum Gasteiger partial charge on any atom is 0.0121 e. The minimum Gasteiger partial charge on any atom is -0.0622 e. The van der Waals surface area contributed by atoms with Crippen LogP contribution in [0.5, 0.6) is 0 Å². The van der Waals surface area contributed by atoms with Crippen LogP contribution < -0.4 is 0 Å². The van der Waals surface area contributed by atoms with Crippen molar-refractivity contribution in [2.24, 2.45) is 0 Å². The van der Waals surface area contributed by atoms with Crippen molar-refractivity contribution in [3.05, 3.63) is 198 Å². The molecule has 0 aromatic heterocycles. The summed E-state index contributed by atoms with van der Waals surface area (Å²) in [6.07, 6.45) is 2.26. The van der Waals surface area contributed by atoms with Crippen LogP contribution in [0.25, 0.3) is 71.6 Å². The van der Waals surface area contributed by atoms with E-state index in [1.165, 1.54) is 93.9 Å². The molecule has 0 heteroatoms. The van der Waals surface area contributed by atoms with Gasteiger partial charge in [0.15, 0.2) is 0 Å². The van der Waals surface area contributed by atoms with E-state index in [2.05, 4.69) is 184 Å². The fourth-order valence-corrected chi connectivity index (χ4v) is 9.17. The number of hydrogen-bond acceptors (Lipinski definition) is 0. The highest BCUT2D eigenvalue weighted by atomic mass is 14.4. The van der Waals surface area contributed by atoms with E-state index in [1.807, 2.05) is 0 Å². The second-order valence-corrected chi connectivity index (χ2v) is 14.8.